The summed E-state index contributed by atoms with van der Waals surface area (Å²) < 4.78 is 5.03. The summed E-state index contributed by atoms with van der Waals surface area (Å²) in [6, 6.07) is 89.0. The molecule has 0 aliphatic heterocycles. The lowest BCUT2D eigenvalue weighted by atomic mass is 9.98. The molecule has 9 aromatic carbocycles. The molecule has 0 aliphatic rings. The van der Waals surface area contributed by atoms with Crippen LogP contribution in [0.25, 0.3) is 119 Å². The van der Waals surface area contributed by atoms with Crippen molar-refractivity contribution in [1.82, 2.24) is 9.13 Å². The third kappa shape index (κ3) is 6.53. The van der Waals surface area contributed by atoms with E-state index < -0.39 is 0 Å². The number of para-hydroxylation sites is 2. The highest BCUT2D eigenvalue weighted by atomic mass is 32.1. The van der Waals surface area contributed by atoms with Crippen molar-refractivity contribution in [2.24, 2.45) is 0 Å². The molecule has 0 amide bonds. The molecule has 0 bridgehead atoms. The molecule has 0 radical (unpaired) electrons. The van der Waals surface area contributed by atoms with Crippen LogP contribution in [0.4, 0.5) is 0 Å². The Hall–Kier alpha value is -8.02. The largest absolute Gasteiger partial charge is 0.309 e. The maximum atomic E-state index is 2.53. The van der Waals surface area contributed by atoms with Crippen molar-refractivity contribution in [3.8, 4) is 75.4 Å². The standard InChI is InChI=1S/C62H40N2S2/c1-5-17-41(18-6-1)45-35-46(42-19-7-2-8-20-42)38-50(37-45)64-54-27-15-13-25-51(54)52-29-30-56-61(62(52)64)53-26-14-16-28-55(53)63(56)49-39-47(59-33-31-57(65-59)43-21-9-3-10-22-43)36-48(40-49)60-34-32-58(66-60)44-23-11-4-12-24-44/h1-40H. The lowest BCUT2D eigenvalue weighted by molar-refractivity contribution is 1.18. The molecule has 0 atom stereocenters. The van der Waals surface area contributed by atoms with E-state index in [2.05, 4.69) is 252 Å². The fourth-order valence-corrected chi connectivity index (χ4v) is 11.9. The van der Waals surface area contributed by atoms with Crippen LogP contribution in [0, 0.1) is 0 Å². The van der Waals surface area contributed by atoms with Crippen molar-refractivity contribution in [3.05, 3.63) is 243 Å². The highest BCUT2D eigenvalue weighted by molar-refractivity contribution is 7.19. The second kappa shape index (κ2) is 15.9. The number of aromatic nitrogens is 2. The van der Waals surface area contributed by atoms with Gasteiger partial charge >= 0.3 is 0 Å². The monoisotopic (exact) mass is 876 g/mol. The van der Waals surface area contributed by atoms with Gasteiger partial charge in [0.2, 0.25) is 0 Å². The van der Waals surface area contributed by atoms with Gasteiger partial charge in [-0.3, -0.25) is 0 Å². The minimum atomic E-state index is 1.13. The number of rotatable bonds is 8. The molecular weight excluding hydrogens is 837 g/mol. The third-order valence-electron chi connectivity index (χ3n) is 12.9. The summed E-state index contributed by atoms with van der Waals surface area (Å²) in [7, 11) is 0. The highest BCUT2D eigenvalue weighted by Crippen LogP contribution is 2.45. The SMILES string of the molecule is c1ccc(-c2cc(-c3ccccc3)cc(-n3c4ccccc4c4ccc5c(c6ccccc6n5-c5cc(-c6ccc(-c7ccccc7)s6)cc(-c6ccc(-c7ccccc7)s6)c5)c43)c2)cc1. The van der Waals surface area contributed by atoms with Crippen LogP contribution in [0.3, 0.4) is 0 Å². The molecule has 0 saturated heterocycles. The van der Waals surface area contributed by atoms with Crippen molar-refractivity contribution in [2.75, 3.05) is 0 Å². The third-order valence-corrected chi connectivity index (χ3v) is 15.3. The molecule has 4 heteroatoms. The number of fused-ring (bicyclic) bond motifs is 7. The lowest BCUT2D eigenvalue weighted by Crippen LogP contribution is -1.97. The van der Waals surface area contributed by atoms with Gasteiger partial charge in [-0.1, -0.05) is 164 Å². The van der Waals surface area contributed by atoms with Gasteiger partial charge in [-0.15, -0.1) is 22.7 Å². The summed E-state index contributed by atoms with van der Waals surface area (Å²) in [6.45, 7) is 0. The average Bonchev–Trinajstić information content (AvgIpc) is 4.22. The zero-order chi connectivity index (χ0) is 43.6. The molecule has 13 rings (SSSR count). The van der Waals surface area contributed by atoms with Gasteiger partial charge in [0.05, 0.1) is 22.1 Å². The van der Waals surface area contributed by atoms with Crippen LogP contribution in [0.2, 0.25) is 0 Å². The van der Waals surface area contributed by atoms with E-state index in [0.29, 0.717) is 0 Å². The van der Waals surface area contributed by atoms with Crippen LogP contribution in [0.15, 0.2) is 243 Å². The van der Waals surface area contributed by atoms with E-state index >= 15 is 0 Å². The summed E-state index contributed by atoms with van der Waals surface area (Å²) >= 11 is 3.70. The zero-order valence-electron chi connectivity index (χ0n) is 35.8. The molecule has 0 saturated carbocycles. The Bertz CT molecular complexity index is 3760. The number of nitrogens with zero attached hydrogens (tertiary/aromatic N) is 2. The Morgan fingerprint density at radius 3 is 1.17 bits per heavy atom. The van der Waals surface area contributed by atoms with Gasteiger partial charge in [0.1, 0.15) is 0 Å². The van der Waals surface area contributed by atoms with E-state index in [4.69, 9.17) is 0 Å². The van der Waals surface area contributed by atoms with E-state index in [-0.39, 0.29) is 0 Å². The van der Waals surface area contributed by atoms with E-state index in [0.717, 1.165) is 11.4 Å². The summed E-state index contributed by atoms with van der Waals surface area (Å²) in [4.78, 5) is 5.01. The molecule has 66 heavy (non-hydrogen) atoms. The molecule has 4 aromatic heterocycles. The fourth-order valence-electron chi connectivity index (χ4n) is 9.92. The Labute approximate surface area is 391 Å². The van der Waals surface area contributed by atoms with Gasteiger partial charge in [-0.05, 0) is 123 Å². The van der Waals surface area contributed by atoms with Crippen LogP contribution in [0.1, 0.15) is 0 Å². The molecule has 0 aliphatic carbocycles. The minimum absolute atomic E-state index is 1.13. The van der Waals surface area contributed by atoms with E-state index in [9.17, 15) is 0 Å². The predicted octanol–water partition coefficient (Wildman–Crippen LogP) is 18.0. The molecular formula is C62H40N2S2. The van der Waals surface area contributed by atoms with Gasteiger partial charge in [0.15, 0.2) is 0 Å². The maximum absolute atomic E-state index is 2.53. The first kappa shape index (κ1) is 38.4. The Balaban J connectivity index is 1.08. The van der Waals surface area contributed by atoms with Crippen LogP contribution >= 0.6 is 22.7 Å². The average molecular weight is 877 g/mol. The van der Waals surface area contributed by atoms with E-state index in [1.807, 2.05) is 22.7 Å². The molecule has 2 nitrogen and oxygen atoms in total. The van der Waals surface area contributed by atoms with Gasteiger partial charge in [-0.25, -0.2) is 0 Å². The summed E-state index contributed by atoms with van der Waals surface area (Å²) in [5, 5.41) is 4.94. The maximum Gasteiger partial charge on any atom is 0.0641 e. The van der Waals surface area contributed by atoms with Crippen molar-refractivity contribution < 1.29 is 0 Å². The second-order valence-corrected chi connectivity index (χ2v) is 19.1. The topological polar surface area (TPSA) is 9.86 Å². The van der Waals surface area contributed by atoms with Gasteiger partial charge in [-0.2, -0.15) is 0 Å². The lowest BCUT2D eigenvalue weighted by Gasteiger charge is -2.15. The highest BCUT2D eigenvalue weighted by Gasteiger charge is 2.23. The van der Waals surface area contributed by atoms with Crippen LogP contribution < -0.4 is 0 Å². The first-order valence-corrected chi connectivity index (χ1v) is 24.0. The van der Waals surface area contributed by atoms with Crippen molar-refractivity contribution >= 4 is 66.3 Å². The second-order valence-electron chi connectivity index (χ2n) is 16.9. The minimum Gasteiger partial charge on any atom is -0.309 e. The molecule has 0 unspecified atom stereocenters. The van der Waals surface area contributed by atoms with Crippen molar-refractivity contribution in [1.29, 1.82) is 0 Å². The van der Waals surface area contributed by atoms with Gasteiger partial charge < -0.3 is 9.13 Å². The quantitative estimate of drug-likeness (QED) is 0.144. The summed E-state index contributed by atoms with van der Waals surface area (Å²) in [6.07, 6.45) is 0. The van der Waals surface area contributed by atoms with Crippen LogP contribution in [-0.4, -0.2) is 9.13 Å². The molecule has 0 N–H and O–H groups in total. The zero-order valence-corrected chi connectivity index (χ0v) is 37.4. The van der Waals surface area contributed by atoms with Gasteiger partial charge in [0.25, 0.3) is 0 Å². The summed E-state index contributed by atoms with van der Waals surface area (Å²) in [5.41, 5.74) is 16.7. The smallest absolute Gasteiger partial charge is 0.0641 e. The molecule has 310 valence electrons. The predicted molar refractivity (Wildman–Crippen MR) is 283 cm³/mol. The normalized spacial score (nSPS) is 11.6. The number of hydrogen-bond acceptors (Lipinski definition) is 2. The van der Waals surface area contributed by atoms with Crippen LogP contribution in [-0.2, 0) is 0 Å². The van der Waals surface area contributed by atoms with Crippen molar-refractivity contribution in [3.63, 3.8) is 0 Å². The number of benzene rings is 9. The number of hydrogen-bond donors (Lipinski definition) is 0. The van der Waals surface area contributed by atoms with Crippen molar-refractivity contribution in [2.45, 2.75) is 0 Å². The first-order valence-electron chi connectivity index (χ1n) is 22.4. The first-order chi connectivity index (χ1) is 32.7. The van der Waals surface area contributed by atoms with Crippen LogP contribution in [0.5, 0.6) is 0 Å². The summed E-state index contributed by atoms with van der Waals surface area (Å²) in [5.74, 6) is 0. The van der Waals surface area contributed by atoms with Gasteiger partial charge in [0, 0.05) is 52.4 Å². The fraction of sp³-hybridized carbons (Fsp3) is 0. The molecule has 4 heterocycles. The Kier molecular flexibility index (Phi) is 9.26. The molecule has 0 spiro atoms. The number of thiophene rings is 2. The van der Waals surface area contributed by atoms with E-state index in [1.165, 1.54) is 108 Å². The molecule has 13 aromatic rings. The van der Waals surface area contributed by atoms with E-state index in [1.54, 1.807) is 0 Å². The Morgan fingerprint density at radius 1 is 0.242 bits per heavy atom. The Morgan fingerprint density at radius 2 is 0.636 bits per heavy atom. The molecule has 0 fully saturated rings.